The summed E-state index contributed by atoms with van der Waals surface area (Å²) in [5, 5.41) is 0.662. The summed E-state index contributed by atoms with van der Waals surface area (Å²) >= 11 is 5.94. The van der Waals surface area contributed by atoms with Gasteiger partial charge in [-0.3, -0.25) is 9.69 Å². The van der Waals surface area contributed by atoms with Gasteiger partial charge in [0, 0.05) is 16.3 Å². The number of rotatable bonds is 3. The molecule has 4 rings (SSSR count). The van der Waals surface area contributed by atoms with E-state index >= 15 is 0 Å². The number of benzene rings is 2. The SMILES string of the molecule is O=C1C[NH+](Cc2ccc(Cl)cc2)[C@H]2CS(=O)(=O)C[C@H]2N1c1ccccc1. The van der Waals surface area contributed by atoms with Crippen LogP contribution in [0.15, 0.2) is 54.6 Å². The number of nitrogens with zero attached hydrogens (tertiary/aromatic N) is 1. The fourth-order valence-electron chi connectivity index (χ4n) is 4.05. The Bertz CT molecular complexity index is 916. The van der Waals surface area contributed by atoms with E-state index in [1.54, 1.807) is 4.90 Å². The third-order valence-corrected chi connectivity index (χ3v) is 7.17. The minimum Gasteiger partial charge on any atom is -0.318 e. The maximum atomic E-state index is 12.9. The molecule has 3 atom stereocenters. The Labute approximate surface area is 158 Å². The number of quaternary nitrogens is 1. The monoisotopic (exact) mass is 391 g/mol. The Balaban J connectivity index is 1.65. The summed E-state index contributed by atoms with van der Waals surface area (Å²) in [5.41, 5.74) is 1.82. The van der Waals surface area contributed by atoms with Crippen LogP contribution in [0.3, 0.4) is 0 Å². The molecular formula is C19H20ClN2O3S+. The Kier molecular flexibility index (Phi) is 4.50. The molecule has 0 bridgehead atoms. The number of fused-ring (bicyclic) bond motifs is 1. The number of carbonyl (C=O) groups excluding carboxylic acids is 1. The predicted octanol–water partition coefficient (Wildman–Crippen LogP) is 0.937. The molecule has 0 aliphatic carbocycles. The molecule has 2 aromatic rings. The Morgan fingerprint density at radius 1 is 1.04 bits per heavy atom. The number of piperazine rings is 1. The van der Waals surface area contributed by atoms with Crippen LogP contribution in [0.4, 0.5) is 5.69 Å². The number of amides is 1. The Hall–Kier alpha value is -1.89. The van der Waals surface area contributed by atoms with Crippen molar-refractivity contribution in [2.24, 2.45) is 0 Å². The third kappa shape index (κ3) is 3.37. The number of halogens is 1. The molecule has 1 unspecified atom stereocenters. The lowest BCUT2D eigenvalue weighted by molar-refractivity contribution is -0.931. The van der Waals surface area contributed by atoms with Crippen molar-refractivity contribution < 1.29 is 18.1 Å². The van der Waals surface area contributed by atoms with Crippen LogP contribution in [0.5, 0.6) is 0 Å². The Morgan fingerprint density at radius 2 is 1.73 bits per heavy atom. The lowest BCUT2D eigenvalue weighted by atomic mass is 10.0. The first kappa shape index (κ1) is 17.5. The van der Waals surface area contributed by atoms with Crippen molar-refractivity contribution in [1.29, 1.82) is 0 Å². The highest BCUT2D eigenvalue weighted by Gasteiger charge is 2.52. The first-order valence-corrected chi connectivity index (χ1v) is 10.8. The van der Waals surface area contributed by atoms with Gasteiger partial charge in [-0.25, -0.2) is 8.42 Å². The molecule has 5 nitrogen and oxygen atoms in total. The van der Waals surface area contributed by atoms with E-state index in [9.17, 15) is 13.2 Å². The van der Waals surface area contributed by atoms with Crippen LogP contribution in [0, 0.1) is 0 Å². The number of para-hydroxylation sites is 1. The zero-order valence-corrected chi connectivity index (χ0v) is 15.7. The number of hydrogen-bond acceptors (Lipinski definition) is 3. The molecule has 2 aliphatic heterocycles. The predicted molar refractivity (Wildman–Crippen MR) is 101 cm³/mol. The lowest BCUT2D eigenvalue weighted by Crippen LogP contribution is -3.19. The third-order valence-electron chi connectivity index (χ3n) is 5.20. The molecule has 136 valence electrons. The van der Waals surface area contributed by atoms with E-state index in [1.165, 1.54) is 0 Å². The molecule has 7 heteroatoms. The number of hydrogen-bond donors (Lipinski definition) is 1. The molecule has 2 fully saturated rings. The fraction of sp³-hybridized carbons (Fsp3) is 0.316. The molecule has 2 saturated heterocycles. The van der Waals surface area contributed by atoms with Gasteiger partial charge in [0.05, 0.1) is 5.75 Å². The van der Waals surface area contributed by atoms with Crippen LogP contribution in [-0.4, -0.2) is 44.5 Å². The Morgan fingerprint density at radius 3 is 2.42 bits per heavy atom. The van der Waals surface area contributed by atoms with Crippen LogP contribution in [0.1, 0.15) is 5.56 Å². The van der Waals surface area contributed by atoms with Gasteiger partial charge in [-0.05, 0) is 24.3 Å². The molecule has 0 spiro atoms. The normalized spacial score (nSPS) is 27.3. The van der Waals surface area contributed by atoms with Gasteiger partial charge >= 0.3 is 0 Å². The molecule has 1 amide bonds. The average molecular weight is 392 g/mol. The van der Waals surface area contributed by atoms with Crippen LogP contribution in [-0.2, 0) is 21.2 Å². The van der Waals surface area contributed by atoms with E-state index < -0.39 is 9.84 Å². The van der Waals surface area contributed by atoms with Gasteiger partial charge in [0.2, 0.25) is 0 Å². The number of anilines is 1. The second kappa shape index (κ2) is 6.68. The van der Waals surface area contributed by atoms with Crippen LogP contribution >= 0.6 is 11.6 Å². The van der Waals surface area contributed by atoms with E-state index in [0.717, 1.165) is 16.2 Å². The van der Waals surface area contributed by atoms with Crippen LogP contribution in [0.25, 0.3) is 0 Å². The van der Waals surface area contributed by atoms with E-state index in [1.807, 2.05) is 54.6 Å². The second-order valence-corrected chi connectivity index (χ2v) is 9.58. The maximum Gasteiger partial charge on any atom is 0.282 e. The van der Waals surface area contributed by atoms with Gasteiger partial charge < -0.3 is 4.90 Å². The molecule has 2 aromatic carbocycles. The van der Waals surface area contributed by atoms with Crippen LogP contribution in [0.2, 0.25) is 5.02 Å². The largest absolute Gasteiger partial charge is 0.318 e. The summed E-state index contributed by atoms with van der Waals surface area (Å²) in [7, 11) is -3.16. The molecule has 2 aliphatic rings. The second-order valence-electron chi connectivity index (χ2n) is 6.99. The molecule has 2 heterocycles. The van der Waals surface area contributed by atoms with Gasteiger partial charge in [-0.2, -0.15) is 0 Å². The first-order chi connectivity index (χ1) is 12.4. The van der Waals surface area contributed by atoms with E-state index in [-0.39, 0.29) is 36.0 Å². The molecule has 26 heavy (non-hydrogen) atoms. The molecular weight excluding hydrogens is 372 g/mol. The first-order valence-electron chi connectivity index (χ1n) is 8.59. The highest BCUT2D eigenvalue weighted by molar-refractivity contribution is 7.91. The lowest BCUT2D eigenvalue weighted by Gasteiger charge is -2.40. The van der Waals surface area contributed by atoms with Crippen molar-refractivity contribution in [3.05, 3.63) is 65.2 Å². The highest BCUT2D eigenvalue weighted by Crippen LogP contribution is 2.26. The van der Waals surface area contributed by atoms with Gasteiger partial charge in [0.15, 0.2) is 16.4 Å². The van der Waals surface area contributed by atoms with E-state index in [4.69, 9.17) is 11.6 Å². The standard InChI is InChI=1S/C19H19ClN2O3S/c20-15-8-6-14(7-9-15)10-21-11-19(23)22(16-4-2-1-3-5-16)18-13-26(24,25)12-17(18)21/h1-9,17-18H,10-13H2/p+1/t17-,18+/m0/s1. The summed E-state index contributed by atoms with van der Waals surface area (Å²) in [4.78, 5) is 15.6. The highest BCUT2D eigenvalue weighted by atomic mass is 35.5. The number of carbonyl (C=O) groups is 1. The van der Waals surface area contributed by atoms with Gasteiger partial charge in [0.1, 0.15) is 24.4 Å². The molecule has 0 saturated carbocycles. The summed E-state index contributed by atoms with van der Waals surface area (Å²) < 4.78 is 24.7. The maximum absolute atomic E-state index is 12.9. The quantitative estimate of drug-likeness (QED) is 0.847. The molecule has 0 aromatic heterocycles. The zero-order valence-electron chi connectivity index (χ0n) is 14.1. The minimum absolute atomic E-state index is 0.0292. The average Bonchev–Trinajstić information content (AvgIpc) is 2.93. The number of sulfone groups is 1. The van der Waals surface area contributed by atoms with E-state index in [0.29, 0.717) is 11.6 Å². The summed E-state index contributed by atoms with van der Waals surface area (Å²) in [6.07, 6.45) is 0. The van der Waals surface area contributed by atoms with Gasteiger partial charge in [0.25, 0.3) is 5.91 Å². The van der Waals surface area contributed by atoms with Gasteiger partial charge in [-0.1, -0.05) is 41.9 Å². The molecule has 1 N–H and O–H groups in total. The smallest absolute Gasteiger partial charge is 0.282 e. The molecule has 0 radical (unpaired) electrons. The fourth-order valence-corrected chi connectivity index (χ4v) is 6.22. The van der Waals surface area contributed by atoms with Crippen molar-refractivity contribution in [3.63, 3.8) is 0 Å². The summed E-state index contributed by atoms with van der Waals surface area (Å²) in [5.74, 6) is 0.123. The minimum atomic E-state index is -3.16. The van der Waals surface area contributed by atoms with Crippen molar-refractivity contribution in [2.45, 2.75) is 18.6 Å². The van der Waals surface area contributed by atoms with Crippen molar-refractivity contribution in [3.8, 4) is 0 Å². The van der Waals surface area contributed by atoms with Crippen LogP contribution < -0.4 is 9.80 Å². The van der Waals surface area contributed by atoms with Crippen molar-refractivity contribution in [2.75, 3.05) is 23.0 Å². The van der Waals surface area contributed by atoms with Crippen molar-refractivity contribution in [1.82, 2.24) is 0 Å². The topological polar surface area (TPSA) is 58.9 Å². The zero-order chi connectivity index (χ0) is 18.3. The van der Waals surface area contributed by atoms with E-state index in [2.05, 4.69) is 0 Å². The van der Waals surface area contributed by atoms with Crippen molar-refractivity contribution >= 4 is 33.0 Å². The number of nitrogens with one attached hydrogen (secondary N) is 1. The summed E-state index contributed by atoms with van der Waals surface area (Å²) in [6, 6.07) is 16.4. The van der Waals surface area contributed by atoms with Gasteiger partial charge in [-0.15, -0.1) is 0 Å². The summed E-state index contributed by atoms with van der Waals surface area (Å²) in [6.45, 7) is 0.899.